The van der Waals surface area contributed by atoms with Gasteiger partial charge in [0.15, 0.2) is 6.10 Å². The zero-order valence-electron chi connectivity index (χ0n) is 58.5. The van der Waals surface area contributed by atoms with Crippen molar-refractivity contribution in [2.24, 2.45) is 0 Å². The summed E-state index contributed by atoms with van der Waals surface area (Å²) in [5.74, 6) is -0.628. The number of ether oxygens (including phenoxy) is 2. The van der Waals surface area contributed by atoms with Gasteiger partial charge in [0.05, 0.1) is 6.61 Å². The number of aliphatic hydroxyl groups is 1. The van der Waals surface area contributed by atoms with E-state index in [9.17, 15) is 14.7 Å². The highest BCUT2D eigenvalue weighted by Gasteiger charge is 2.16. The summed E-state index contributed by atoms with van der Waals surface area (Å²) in [6.45, 7) is 3.89. The number of carbonyl (C=O) groups excluding carboxylic acids is 2. The van der Waals surface area contributed by atoms with Crippen molar-refractivity contribution in [2.75, 3.05) is 13.2 Å². The van der Waals surface area contributed by atoms with E-state index in [2.05, 4.69) is 257 Å². The number of unbranched alkanes of at least 4 members (excludes halogenated alkanes) is 16. The maximum Gasteiger partial charge on any atom is 0.306 e. The van der Waals surface area contributed by atoms with E-state index in [1.165, 1.54) is 64.2 Å². The minimum absolute atomic E-state index is 0.0906. The first-order valence-corrected chi connectivity index (χ1v) is 36.6. The van der Waals surface area contributed by atoms with Crippen molar-refractivity contribution >= 4 is 11.9 Å². The Kier molecular flexibility index (Phi) is 73.5. The molecule has 92 heavy (non-hydrogen) atoms. The van der Waals surface area contributed by atoms with Crippen molar-refractivity contribution in [1.82, 2.24) is 0 Å². The number of rotatable bonds is 64. The first kappa shape index (κ1) is 85.7. The standard InChI is InChI=1S/C87H132O5/c1-3-5-7-9-11-13-15-17-19-21-23-25-27-29-31-33-35-37-39-41-42-43-44-46-48-50-52-54-56-58-60-62-64-66-68-70-72-74-76-78-80-82-87(90)92-85(83-88)84-91-86(89)81-79-77-75-73-71-69-67-65-63-61-59-57-55-53-51-49-47-45-40-38-36-34-32-30-28-26-24-22-20-18-16-14-12-10-8-6-4-2/h5-8,11-14,17-20,23-26,29-32,35-38,41-42,44-47,50-53,56-59,63,65,85,88H,3-4,9-10,15-16,21-22,27-28,33-34,39-40,43,48-49,54-55,60-62,64,66-84H2,1-2H3/b7-5-,8-6-,13-11-,14-12-,19-17-,20-18-,25-23-,26-24-,31-29-,32-30-,37-35-,38-36-,42-41-,46-44-,47-45-,52-50-,53-51-,58-56-,59-57-,65-63-. The van der Waals surface area contributed by atoms with Crippen LogP contribution in [0.4, 0.5) is 0 Å². The molecule has 0 bridgehead atoms. The Morgan fingerprint density at radius 1 is 0.250 bits per heavy atom. The van der Waals surface area contributed by atoms with Crippen molar-refractivity contribution in [1.29, 1.82) is 0 Å². The fourth-order valence-corrected chi connectivity index (χ4v) is 9.26. The van der Waals surface area contributed by atoms with Gasteiger partial charge in [-0.05, 0) is 167 Å². The van der Waals surface area contributed by atoms with Crippen LogP contribution in [0.3, 0.4) is 0 Å². The van der Waals surface area contributed by atoms with Gasteiger partial charge in [-0.25, -0.2) is 0 Å². The minimum atomic E-state index is -0.801. The molecule has 0 aromatic rings. The van der Waals surface area contributed by atoms with Crippen molar-refractivity contribution in [3.63, 3.8) is 0 Å². The molecule has 0 saturated carbocycles. The van der Waals surface area contributed by atoms with Crippen LogP contribution in [-0.4, -0.2) is 36.4 Å². The molecule has 1 unspecified atom stereocenters. The largest absolute Gasteiger partial charge is 0.462 e. The highest BCUT2D eigenvalue weighted by atomic mass is 16.6. The summed E-state index contributed by atoms with van der Waals surface area (Å²) in [5, 5.41) is 9.71. The quantitative estimate of drug-likeness (QED) is 0.0373. The van der Waals surface area contributed by atoms with Crippen LogP contribution >= 0.6 is 0 Å². The average Bonchev–Trinajstić information content (AvgIpc) is 3.64. The summed E-state index contributed by atoms with van der Waals surface area (Å²) >= 11 is 0. The average molecular weight is 1260 g/mol. The lowest BCUT2D eigenvalue weighted by Crippen LogP contribution is -2.28. The predicted octanol–water partition coefficient (Wildman–Crippen LogP) is 26.2. The zero-order chi connectivity index (χ0) is 66.1. The topological polar surface area (TPSA) is 72.8 Å². The van der Waals surface area contributed by atoms with Gasteiger partial charge in [0.2, 0.25) is 0 Å². The monoisotopic (exact) mass is 1260 g/mol. The summed E-state index contributed by atoms with van der Waals surface area (Å²) in [6.07, 6.45) is 130. The smallest absolute Gasteiger partial charge is 0.306 e. The molecule has 0 radical (unpaired) electrons. The Labute approximate surface area is 566 Å². The molecule has 0 aliphatic heterocycles. The molecule has 0 aliphatic carbocycles. The number of allylic oxidation sites excluding steroid dienone is 40. The van der Waals surface area contributed by atoms with Gasteiger partial charge in [0.25, 0.3) is 0 Å². The Morgan fingerprint density at radius 3 is 0.652 bits per heavy atom. The van der Waals surface area contributed by atoms with E-state index in [4.69, 9.17) is 9.47 Å². The SMILES string of the molecule is CC/C=C\C/C=C\C/C=C\C/C=C\C/C=C\C/C=C\C/C=C\C/C=C\C/C=C\C/C=C\CCCCCCCCCCCCC(=O)OC(CO)COC(=O)CCCCCCCC/C=C\C/C=C\C/C=C\C/C=C\C/C=C\C/C=C\C/C=C\C/C=C\C/C=C\C/C=C\CC. The second-order valence-electron chi connectivity index (χ2n) is 23.2. The molecule has 1 atom stereocenters. The molecule has 0 aromatic carbocycles. The maximum atomic E-state index is 12.4. The highest BCUT2D eigenvalue weighted by Crippen LogP contribution is 2.14. The van der Waals surface area contributed by atoms with Gasteiger partial charge in [-0.15, -0.1) is 0 Å². The molecule has 0 aromatic heterocycles. The number of aliphatic hydroxyl groups excluding tert-OH is 1. The van der Waals surface area contributed by atoms with E-state index in [1.54, 1.807) is 0 Å². The lowest BCUT2D eigenvalue weighted by Gasteiger charge is -2.15. The minimum Gasteiger partial charge on any atom is -0.462 e. The summed E-state index contributed by atoms with van der Waals surface area (Å²) in [6, 6.07) is 0. The summed E-state index contributed by atoms with van der Waals surface area (Å²) in [7, 11) is 0. The molecule has 0 heterocycles. The number of esters is 2. The summed E-state index contributed by atoms with van der Waals surface area (Å²) in [5.41, 5.74) is 0. The Bertz CT molecular complexity index is 2270. The molecule has 510 valence electrons. The molecule has 0 saturated heterocycles. The van der Waals surface area contributed by atoms with E-state index >= 15 is 0 Å². The molecule has 0 spiro atoms. The normalized spacial score (nSPS) is 13.7. The maximum absolute atomic E-state index is 12.4. The van der Waals surface area contributed by atoms with Gasteiger partial charge < -0.3 is 14.6 Å². The van der Waals surface area contributed by atoms with Crippen LogP contribution < -0.4 is 0 Å². The van der Waals surface area contributed by atoms with Crippen molar-refractivity contribution in [3.8, 4) is 0 Å². The van der Waals surface area contributed by atoms with Crippen molar-refractivity contribution < 1.29 is 24.2 Å². The second kappa shape index (κ2) is 78.9. The predicted molar refractivity (Wildman–Crippen MR) is 407 cm³/mol. The summed E-state index contributed by atoms with van der Waals surface area (Å²) < 4.78 is 10.7. The molecular weight excluding hydrogens is 1120 g/mol. The Morgan fingerprint density at radius 2 is 0.435 bits per heavy atom. The first-order valence-electron chi connectivity index (χ1n) is 36.6. The fourth-order valence-electron chi connectivity index (χ4n) is 9.26. The molecule has 0 fully saturated rings. The van der Waals surface area contributed by atoms with Gasteiger partial charge >= 0.3 is 11.9 Å². The van der Waals surface area contributed by atoms with Crippen LogP contribution in [0.15, 0.2) is 243 Å². The third-order valence-corrected chi connectivity index (χ3v) is 14.6. The van der Waals surface area contributed by atoms with E-state index in [0.717, 1.165) is 180 Å². The fraction of sp³-hybridized carbons (Fsp3) is 0.517. The van der Waals surface area contributed by atoms with Crippen molar-refractivity contribution in [2.45, 2.75) is 277 Å². The van der Waals surface area contributed by atoms with Crippen LogP contribution in [0.2, 0.25) is 0 Å². The lowest BCUT2D eigenvalue weighted by atomic mass is 10.0. The Hall–Kier alpha value is -6.30. The van der Waals surface area contributed by atoms with E-state index < -0.39 is 6.10 Å². The van der Waals surface area contributed by atoms with Gasteiger partial charge in [-0.2, -0.15) is 0 Å². The molecule has 0 rings (SSSR count). The molecule has 0 amide bonds. The van der Waals surface area contributed by atoms with E-state index in [0.29, 0.717) is 12.8 Å². The van der Waals surface area contributed by atoms with E-state index in [1.807, 2.05) is 0 Å². The molecule has 0 aliphatic rings. The van der Waals surface area contributed by atoms with Gasteiger partial charge in [-0.3, -0.25) is 9.59 Å². The van der Waals surface area contributed by atoms with Crippen LogP contribution in [0.5, 0.6) is 0 Å². The third-order valence-electron chi connectivity index (χ3n) is 14.6. The molecule has 5 heteroatoms. The Balaban J connectivity index is 3.64. The van der Waals surface area contributed by atoms with Crippen LogP contribution in [0.25, 0.3) is 0 Å². The lowest BCUT2D eigenvalue weighted by molar-refractivity contribution is -0.161. The van der Waals surface area contributed by atoms with Crippen molar-refractivity contribution in [3.05, 3.63) is 243 Å². The molecular formula is C87H132O5. The van der Waals surface area contributed by atoms with Crippen LogP contribution in [-0.2, 0) is 19.1 Å². The summed E-state index contributed by atoms with van der Waals surface area (Å²) in [4.78, 5) is 24.7. The number of hydrogen-bond acceptors (Lipinski definition) is 5. The van der Waals surface area contributed by atoms with Gasteiger partial charge in [-0.1, -0.05) is 334 Å². The number of hydrogen-bond donors (Lipinski definition) is 1. The van der Waals surface area contributed by atoms with Crippen LogP contribution in [0, 0.1) is 0 Å². The van der Waals surface area contributed by atoms with Crippen LogP contribution in [0.1, 0.15) is 271 Å². The van der Waals surface area contributed by atoms with Gasteiger partial charge in [0.1, 0.15) is 6.61 Å². The van der Waals surface area contributed by atoms with Gasteiger partial charge in [0, 0.05) is 12.8 Å². The van der Waals surface area contributed by atoms with E-state index in [-0.39, 0.29) is 25.2 Å². The molecule has 5 nitrogen and oxygen atoms in total. The molecule has 1 N–H and O–H groups in total. The number of carbonyl (C=O) groups is 2. The first-order chi connectivity index (χ1) is 45.6. The zero-order valence-corrected chi connectivity index (χ0v) is 58.5. The highest BCUT2D eigenvalue weighted by molar-refractivity contribution is 5.70. The second-order valence-corrected chi connectivity index (χ2v) is 23.2. The third kappa shape index (κ3) is 76.2.